The molecule has 175 valence electrons. The first kappa shape index (κ1) is 27.6. The van der Waals surface area contributed by atoms with Crippen molar-refractivity contribution >= 4 is 0 Å². The topological polar surface area (TPSA) is 38.7 Å². The molecule has 0 amide bonds. The fourth-order valence-corrected chi connectivity index (χ4v) is 3.22. The third kappa shape index (κ3) is 9.18. The van der Waals surface area contributed by atoms with Gasteiger partial charge in [0.1, 0.15) is 0 Å². The molecule has 0 spiro atoms. The Morgan fingerprint density at radius 3 is 0.865 bits per heavy atom. The molecular weight excluding hydrogens is 530 g/mol. The maximum absolute atomic E-state index is 4.22. The van der Waals surface area contributed by atoms with E-state index in [2.05, 4.69) is 33.2 Å². The summed E-state index contributed by atoms with van der Waals surface area (Å²) in [5, 5.41) is 0. The van der Waals surface area contributed by atoms with Gasteiger partial charge in [-0.15, -0.1) is 108 Å². The molecule has 37 heavy (non-hydrogen) atoms. The Kier molecular flexibility index (Phi) is 11.8. The van der Waals surface area contributed by atoms with Crippen LogP contribution in [0.3, 0.4) is 0 Å². The van der Waals surface area contributed by atoms with Gasteiger partial charge in [0, 0.05) is 18.6 Å². The van der Waals surface area contributed by atoms with Crippen LogP contribution in [0.4, 0.5) is 0 Å². The molecular formula is C33H24N3Zr. The van der Waals surface area contributed by atoms with Gasteiger partial charge in [-0.2, -0.15) is 0 Å². The van der Waals surface area contributed by atoms with Crippen LogP contribution in [-0.2, 0) is 26.2 Å². The zero-order valence-electron chi connectivity index (χ0n) is 20.2. The minimum absolute atomic E-state index is 0. The summed E-state index contributed by atoms with van der Waals surface area (Å²) in [6, 6.07) is 50.5. The average molecular weight is 554 g/mol. The van der Waals surface area contributed by atoms with Gasteiger partial charge < -0.3 is 15.0 Å². The van der Waals surface area contributed by atoms with Crippen LogP contribution >= 0.6 is 0 Å². The normalized spacial score (nSPS) is 9.41. The summed E-state index contributed by atoms with van der Waals surface area (Å²) in [5.74, 6) is 0. The van der Waals surface area contributed by atoms with E-state index in [-0.39, 0.29) is 26.2 Å². The molecule has 0 N–H and O–H groups in total. The molecule has 1 radical (unpaired) electrons. The van der Waals surface area contributed by atoms with Crippen LogP contribution < -0.4 is 0 Å². The molecule has 3 aromatic carbocycles. The van der Waals surface area contributed by atoms with Gasteiger partial charge in [-0.3, -0.25) is 0 Å². The van der Waals surface area contributed by atoms with Crippen molar-refractivity contribution in [1.82, 2.24) is 15.0 Å². The predicted molar refractivity (Wildman–Crippen MR) is 146 cm³/mol. The molecule has 0 aliphatic carbocycles. The first-order chi connectivity index (χ1) is 17.9. The van der Waals surface area contributed by atoms with Gasteiger partial charge in [-0.1, -0.05) is 36.4 Å². The minimum Gasteiger partial charge on any atom is -0.305 e. The van der Waals surface area contributed by atoms with Crippen molar-refractivity contribution in [3.63, 3.8) is 0 Å². The quantitative estimate of drug-likeness (QED) is 0.211. The van der Waals surface area contributed by atoms with E-state index < -0.39 is 0 Å². The van der Waals surface area contributed by atoms with Crippen LogP contribution in [0, 0.1) is 18.2 Å². The fraction of sp³-hybridized carbons (Fsp3) is 0. The Morgan fingerprint density at radius 1 is 0.351 bits per heavy atom. The molecule has 3 nitrogen and oxygen atoms in total. The zero-order valence-corrected chi connectivity index (χ0v) is 22.7. The van der Waals surface area contributed by atoms with E-state index in [4.69, 9.17) is 0 Å². The molecule has 0 atom stereocenters. The van der Waals surface area contributed by atoms with Gasteiger partial charge >= 0.3 is 26.2 Å². The van der Waals surface area contributed by atoms with Crippen molar-refractivity contribution in [2.45, 2.75) is 0 Å². The maximum atomic E-state index is 4.22. The van der Waals surface area contributed by atoms with Gasteiger partial charge in [-0.25, -0.2) is 0 Å². The van der Waals surface area contributed by atoms with Crippen LogP contribution in [0.25, 0.3) is 33.8 Å². The molecule has 0 saturated carbocycles. The standard InChI is InChI=1S/3C11H8N.Zr/c3*1-2-6-10(7-3-1)11-8-4-5-9-12-11;/h3*1-6,8-9H;/q3*-1;+3. The van der Waals surface area contributed by atoms with Crippen LogP contribution in [-0.4, -0.2) is 15.0 Å². The molecule has 3 heterocycles. The van der Waals surface area contributed by atoms with Crippen LogP contribution in [0.15, 0.2) is 146 Å². The minimum atomic E-state index is 0. The summed E-state index contributed by atoms with van der Waals surface area (Å²) in [7, 11) is 0. The molecule has 4 heteroatoms. The zero-order chi connectivity index (χ0) is 24.7. The maximum Gasteiger partial charge on any atom is 3.00 e. The number of pyridine rings is 3. The number of benzene rings is 3. The molecule has 0 saturated heterocycles. The van der Waals surface area contributed by atoms with Crippen molar-refractivity contribution in [1.29, 1.82) is 0 Å². The van der Waals surface area contributed by atoms with Crippen molar-refractivity contribution in [3.8, 4) is 33.8 Å². The first-order valence-corrected chi connectivity index (χ1v) is 11.5. The van der Waals surface area contributed by atoms with Gasteiger partial charge in [0.2, 0.25) is 0 Å². The summed E-state index contributed by atoms with van der Waals surface area (Å²) in [5.41, 5.74) is 6.03. The number of aromatic nitrogens is 3. The number of rotatable bonds is 3. The number of hydrogen-bond acceptors (Lipinski definition) is 3. The average Bonchev–Trinajstić information content (AvgIpc) is 3.01. The Bertz CT molecular complexity index is 1090. The van der Waals surface area contributed by atoms with Gasteiger partial charge in [-0.05, 0) is 35.3 Å². The third-order valence-corrected chi connectivity index (χ3v) is 4.95. The van der Waals surface area contributed by atoms with Crippen LogP contribution in [0.2, 0.25) is 0 Å². The summed E-state index contributed by atoms with van der Waals surface area (Å²) in [6.07, 6.45) is 5.36. The Morgan fingerprint density at radius 2 is 0.649 bits per heavy atom. The molecule has 6 aromatic rings. The van der Waals surface area contributed by atoms with E-state index in [1.54, 1.807) is 18.6 Å². The second-order valence-corrected chi connectivity index (χ2v) is 7.47. The van der Waals surface area contributed by atoms with Gasteiger partial charge in [0.05, 0.1) is 0 Å². The van der Waals surface area contributed by atoms with E-state index >= 15 is 0 Å². The molecule has 0 fully saturated rings. The Hall–Kier alpha value is -4.01. The molecule has 6 rings (SSSR count). The third-order valence-electron chi connectivity index (χ3n) is 4.95. The molecule has 3 aromatic heterocycles. The number of hydrogen-bond donors (Lipinski definition) is 0. The summed E-state index contributed by atoms with van der Waals surface area (Å²) < 4.78 is 0. The van der Waals surface area contributed by atoms with Crippen molar-refractivity contribution in [3.05, 3.63) is 164 Å². The Labute approximate surface area is 238 Å². The summed E-state index contributed by atoms with van der Waals surface area (Å²) in [6.45, 7) is 0. The van der Waals surface area contributed by atoms with E-state index in [1.807, 2.05) is 127 Å². The van der Waals surface area contributed by atoms with E-state index in [0.29, 0.717) is 0 Å². The summed E-state index contributed by atoms with van der Waals surface area (Å²) in [4.78, 5) is 12.7. The second kappa shape index (κ2) is 15.9. The van der Waals surface area contributed by atoms with Crippen molar-refractivity contribution in [2.75, 3.05) is 0 Å². The second-order valence-electron chi connectivity index (χ2n) is 7.47. The molecule has 0 aliphatic rings. The largest absolute Gasteiger partial charge is 3.00 e. The molecule has 0 bridgehead atoms. The predicted octanol–water partition coefficient (Wildman–Crippen LogP) is 7.64. The first-order valence-electron chi connectivity index (χ1n) is 11.5. The van der Waals surface area contributed by atoms with E-state index in [1.165, 1.54) is 0 Å². The molecule has 0 aliphatic heterocycles. The molecule has 0 unspecified atom stereocenters. The monoisotopic (exact) mass is 552 g/mol. The number of nitrogens with zero attached hydrogens (tertiary/aromatic N) is 3. The van der Waals surface area contributed by atoms with Gasteiger partial charge in [0.15, 0.2) is 0 Å². The fourth-order valence-electron chi connectivity index (χ4n) is 3.22. The van der Waals surface area contributed by atoms with Crippen LogP contribution in [0.5, 0.6) is 0 Å². The van der Waals surface area contributed by atoms with E-state index in [0.717, 1.165) is 33.8 Å². The van der Waals surface area contributed by atoms with Crippen molar-refractivity contribution in [2.24, 2.45) is 0 Å². The Balaban J connectivity index is 0.000000152. The smallest absolute Gasteiger partial charge is 0.305 e. The van der Waals surface area contributed by atoms with Crippen LogP contribution in [0.1, 0.15) is 0 Å². The van der Waals surface area contributed by atoms with Crippen molar-refractivity contribution < 1.29 is 26.2 Å². The van der Waals surface area contributed by atoms with E-state index in [9.17, 15) is 0 Å². The SMILES string of the molecule is [Zr+3].[c-]1ccccc1-c1ccccn1.[c-]1ccccc1-c1ccccn1.[c-]1ccccc1-c1ccccn1. The van der Waals surface area contributed by atoms with Gasteiger partial charge in [0.25, 0.3) is 0 Å². The summed E-state index contributed by atoms with van der Waals surface area (Å²) >= 11 is 0.